The van der Waals surface area contributed by atoms with E-state index in [4.69, 9.17) is 0 Å². The van der Waals surface area contributed by atoms with Gasteiger partial charge in [-0.2, -0.15) is 0 Å². The van der Waals surface area contributed by atoms with E-state index in [9.17, 15) is 14.4 Å². The maximum Gasteiger partial charge on any atom is 0.209 e. The molecule has 0 atom stereocenters. The molecular weight excluding hydrogens is 246 g/mol. The summed E-state index contributed by atoms with van der Waals surface area (Å²) in [6.07, 6.45) is 4.18. The minimum absolute atomic E-state index is 0.501. The van der Waals surface area contributed by atoms with Gasteiger partial charge >= 0.3 is 0 Å². The summed E-state index contributed by atoms with van der Waals surface area (Å²) in [7, 11) is 0. The molecule has 0 heterocycles. The van der Waals surface area contributed by atoms with E-state index in [1.165, 1.54) is 0 Å². The molecule has 0 spiro atoms. The molecule has 0 saturated heterocycles. The first-order chi connectivity index (χ1) is 9.21. The Hall–Kier alpha value is -1.59. The minimum atomic E-state index is 0.501. The summed E-state index contributed by atoms with van der Waals surface area (Å²) in [4.78, 5) is 37.4. The van der Waals surface area contributed by atoms with Gasteiger partial charge < -0.3 is 14.7 Å². The number of carbonyl (C=O) groups excluding carboxylic acids is 3. The molecule has 0 aromatic carbocycles. The largest absolute Gasteiger partial charge is 0.344 e. The summed E-state index contributed by atoms with van der Waals surface area (Å²) in [5, 5.41) is 0. The first-order valence-corrected chi connectivity index (χ1v) is 6.79. The van der Waals surface area contributed by atoms with E-state index in [0.29, 0.717) is 39.3 Å². The number of hydrogen-bond donors (Lipinski definition) is 0. The second kappa shape index (κ2) is 11.5. The molecule has 6 heteroatoms. The van der Waals surface area contributed by atoms with E-state index in [1.807, 2.05) is 13.8 Å². The highest BCUT2D eigenvalue weighted by atomic mass is 16.1. The lowest BCUT2D eigenvalue weighted by atomic mass is 10.4. The van der Waals surface area contributed by atoms with Crippen molar-refractivity contribution < 1.29 is 14.4 Å². The predicted molar refractivity (Wildman–Crippen MR) is 73.5 cm³/mol. The summed E-state index contributed by atoms with van der Waals surface area (Å²) < 4.78 is 0. The summed E-state index contributed by atoms with van der Waals surface area (Å²) in [6, 6.07) is 0. The van der Waals surface area contributed by atoms with Crippen LogP contribution >= 0.6 is 0 Å². The Morgan fingerprint density at radius 3 is 1.05 bits per heavy atom. The van der Waals surface area contributed by atoms with E-state index in [2.05, 4.69) is 0 Å². The van der Waals surface area contributed by atoms with Gasteiger partial charge in [-0.05, 0) is 12.8 Å². The fourth-order valence-corrected chi connectivity index (χ4v) is 1.74. The van der Waals surface area contributed by atoms with E-state index in [-0.39, 0.29) is 0 Å². The number of hydrogen-bond acceptors (Lipinski definition) is 3. The molecule has 110 valence electrons. The average molecular weight is 271 g/mol. The molecular formula is C13H25N3O3. The Morgan fingerprint density at radius 2 is 0.842 bits per heavy atom. The van der Waals surface area contributed by atoms with Gasteiger partial charge in [0.1, 0.15) is 0 Å². The smallest absolute Gasteiger partial charge is 0.209 e. The molecule has 0 rings (SSSR count). The number of amides is 3. The molecule has 0 aliphatic heterocycles. The van der Waals surface area contributed by atoms with Gasteiger partial charge in [0, 0.05) is 39.3 Å². The molecule has 0 saturated carbocycles. The zero-order valence-corrected chi connectivity index (χ0v) is 12.0. The van der Waals surface area contributed by atoms with Gasteiger partial charge in [0.05, 0.1) is 0 Å². The predicted octanol–water partition coefficient (Wildman–Crippen LogP) is 0.182. The maximum atomic E-state index is 10.9. The molecule has 0 aromatic heterocycles. The van der Waals surface area contributed by atoms with Crippen molar-refractivity contribution in [3.05, 3.63) is 0 Å². The topological polar surface area (TPSA) is 60.9 Å². The Balaban J connectivity index is 4.02. The summed E-state index contributed by atoms with van der Waals surface area (Å²) in [5.41, 5.74) is 0. The van der Waals surface area contributed by atoms with Gasteiger partial charge in [-0.25, -0.2) is 0 Å². The third-order valence-corrected chi connectivity index (χ3v) is 2.82. The van der Waals surface area contributed by atoms with Gasteiger partial charge in [0.2, 0.25) is 19.2 Å². The SMILES string of the molecule is CCCN(C=O)CCN(C=O)CCN(C=O)CCC. The van der Waals surface area contributed by atoms with Crippen molar-refractivity contribution in [3.8, 4) is 0 Å². The lowest BCUT2D eigenvalue weighted by Crippen LogP contribution is -2.39. The van der Waals surface area contributed by atoms with Crippen LogP contribution in [0.3, 0.4) is 0 Å². The Labute approximate surface area is 115 Å². The lowest BCUT2D eigenvalue weighted by Gasteiger charge is -2.24. The number of rotatable bonds is 13. The fraction of sp³-hybridized carbons (Fsp3) is 0.769. The second-order valence-electron chi connectivity index (χ2n) is 4.42. The average Bonchev–Trinajstić information content (AvgIpc) is 2.44. The lowest BCUT2D eigenvalue weighted by molar-refractivity contribution is -0.123. The Morgan fingerprint density at radius 1 is 0.579 bits per heavy atom. The van der Waals surface area contributed by atoms with Crippen molar-refractivity contribution in [1.82, 2.24) is 14.7 Å². The monoisotopic (exact) mass is 271 g/mol. The molecule has 0 fully saturated rings. The van der Waals surface area contributed by atoms with Crippen LogP contribution in [0.5, 0.6) is 0 Å². The Bertz CT molecular complexity index is 240. The van der Waals surface area contributed by atoms with Crippen LogP contribution in [0.25, 0.3) is 0 Å². The number of nitrogens with zero attached hydrogens (tertiary/aromatic N) is 3. The second-order valence-corrected chi connectivity index (χ2v) is 4.42. The van der Waals surface area contributed by atoms with Gasteiger partial charge in [-0.15, -0.1) is 0 Å². The molecule has 6 nitrogen and oxygen atoms in total. The standard InChI is InChI=1S/C13H25N3O3/c1-3-5-14(11-17)7-9-16(13-19)10-8-15(12-18)6-4-2/h11-13H,3-10H2,1-2H3. The van der Waals surface area contributed by atoms with Crippen molar-refractivity contribution in [1.29, 1.82) is 0 Å². The highest BCUT2D eigenvalue weighted by Gasteiger charge is 2.07. The quantitative estimate of drug-likeness (QED) is 0.449. The third-order valence-electron chi connectivity index (χ3n) is 2.82. The third kappa shape index (κ3) is 8.18. The summed E-state index contributed by atoms with van der Waals surface area (Å²) >= 11 is 0. The van der Waals surface area contributed by atoms with Crippen LogP contribution in [0.2, 0.25) is 0 Å². The first-order valence-electron chi connectivity index (χ1n) is 6.79. The molecule has 0 unspecified atom stereocenters. The number of carbonyl (C=O) groups is 3. The highest BCUT2D eigenvalue weighted by Crippen LogP contribution is 1.92. The normalized spacial score (nSPS) is 9.79. The zero-order chi connectivity index (χ0) is 14.5. The van der Waals surface area contributed by atoms with Gasteiger partial charge in [-0.1, -0.05) is 13.8 Å². The van der Waals surface area contributed by atoms with Crippen LogP contribution in [0.1, 0.15) is 26.7 Å². The molecule has 0 aliphatic rings. The van der Waals surface area contributed by atoms with E-state index in [0.717, 1.165) is 32.1 Å². The molecule has 19 heavy (non-hydrogen) atoms. The van der Waals surface area contributed by atoms with Crippen LogP contribution in [0.4, 0.5) is 0 Å². The minimum Gasteiger partial charge on any atom is -0.344 e. The van der Waals surface area contributed by atoms with Crippen LogP contribution in [0, 0.1) is 0 Å². The van der Waals surface area contributed by atoms with Crippen molar-refractivity contribution in [2.24, 2.45) is 0 Å². The molecule has 0 radical (unpaired) electrons. The van der Waals surface area contributed by atoms with Crippen molar-refractivity contribution in [2.75, 3.05) is 39.3 Å². The van der Waals surface area contributed by atoms with Crippen LogP contribution in [-0.4, -0.2) is 73.2 Å². The van der Waals surface area contributed by atoms with E-state index < -0.39 is 0 Å². The molecule has 0 bridgehead atoms. The Kier molecular flexibility index (Phi) is 10.5. The van der Waals surface area contributed by atoms with Crippen LogP contribution in [0.15, 0.2) is 0 Å². The van der Waals surface area contributed by atoms with Crippen molar-refractivity contribution >= 4 is 19.2 Å². The van der Waals surface area contributed by atoms with Gasteiger partial charge in [0.25, 0.3) is 0 Å². The maximum absolute atomic E-state index is 10.9. The van der Waals surface area contributed by atoms with Gasteiger partial charge in [-0.3, -0.25) is 14.4 Å². The molecule has 0 aromatic rings. The molecule has 3 amide bonds. The molecule has 0 aliphatic carbocycles. The van der Waals surface area contributed by atoms with E-state index >= 15 is 0 Å². The van der Waals surface area contributed by atoms with Crippen LogP contribution < -0.4 is 0 Å². The van der Waals surface area contributed by atoms with Gasteiger partial charge in [0.15, 0.2) is 0 Å². The highest BCUT2D eigenvalue weighted by molar-refractivity contribution is 5.49. The first kappa shape index (κ1) is 17.4. The van der Waals surface area contributed by atoms with E-state index in [1.54, 1.807) is 14.7 Å². The molecule has 0 N–H and O–H groups in total. The van der Waals surface area contributed by atoms with Crippen molar-refractivity contribution in [3.63, 3.8) is 0 Å². The summed E-state index contributed by atoms with van der Waals surface area (Å²) in [5.74, 6) is 0. The zero-order valence-electron chi connectivity index (χ0n) is 12.0. The van der Waals surface area contributed by atoms with Crippen LogP contribution in [-0.2, 0) is 14.4 Å². The summed E-state index contributed by atoms with van der Waals surface area (Å²) in [6.45, 7) is 7.47. The van der Waals surface area contributed by atoms with Crippen molar-refractivity contribution in [2.45, 2.75) is 26.7 Å². The fourth-order valence-electron chi connectivity index (χ4n) is 1.74.